The van der Waals surface area contributed by atoms with Gasteiger partial charge >= 0.3 is 0 Å². The van der Waals surface area contributed by atoms with Gasteiger partial charge in [0.15, 0.2) is 0 Å². The summed E-state index contributed by atoms with van der Waals surface area (Å²) in [4.78, 5) is 12.3. The van der Waals surface area contributed by atoms with Crippen molar-refractivity contribution in [1.82, 2.24) is 15.2 Å². The first-order chi connectivity index (χ1) is 8.74. The van der Waals surface area contributed by atoms with Gasteiger partial charge in [0.05, 0.1) is 0 Å². The lowest BCUT2D eigenvalue weighted by atomic mass is 10.3. The van der Waals surface area contributed by atoms with Gasteiger partial charge in [0.1, 0.15) is 5.69 Å². The highest BCUT2D eigenvalue weighted by Crippen LogP contribution is 2.42. The molecule has 3 aliphatic rings. The monoisotopic (exact) mass is 309 g/mol. The number of aromatic nitrogens is 1. The number of rotatable bonds is 3. The molecular formula is C13H16BrN3O. The Morgan fingerprint density at radius 2 is 2.11 bits per heavy atom. The molecule has 18 heavy (non-hydrogen) atoms. The molecule has 2 atom stereocenters. The first-order valence-corrected chi connectivity index (χ1v) is 7.42. The minimum atomic E-state index is 0.0898. The van der Waals surface area contributed by atoms with Crippen LogP contribution in [-0.4, -0.2) is 29.6 Å². The Kier molecular flexibility index (Phi) is 2.36. The third-order valence-corrected chi connectivity index (χ3v) is 4.81. The molecule has 0 radical (unpaired) electrons. The Labute approximate surface area is 114 Å². The third-order valence-electron chi connectivity index (χ3n) is 4.38. The number of piperidine rings is 1. The van der Waals surface area contributed by atoms with E-state index in [1.165, 1.54) is 12.8 Å². The third kappa shape index (κ3) is 1.72. The second-order valence-corrected chi connectivity index (χ2v) is 6.58. The molecule has 4 nitrogen and oxygen atoms in total. The van der Waals surface area contributed by atoms with Crippen LogP contribution in [-0.2, 0) is 0 Å². The molecule has 5 heteroatoms. The lowest BCUT2D eigenvalue weighted by Gasteiger charge is -2.10. The number of halogens is 1. The second kappa shape index (κ2) is 3.84. The summed E-state index contributed by atoms with van der Waals surface area (Å²) < 4.78 is 3.12. The number of hydrogen-bond acceptors (Lipinski definition) is 2. The van der Waals surface area contributed by atoms with Gasteiger partial charge in [-0.2, -0.15) is 0 Å². The van der Waals surface area contributed by atoms with Crippen molar-refractivity contribution in [2.24, 2.45) is 11.8 Å². The van der Waals surface area contributed by atoms with Gasteiger partial charge in [-0.25, -0.2) is 0 Å². The van der Waals surface area contributed by atoms with E-state index in [4.69, 9.17) is 0 Å². The first kappa shape index (κ1) is 11.1. The Hall–Kier alpha value is -0.810. The van der Waals surface area contributed by atoms with Crippen LogP contribution in [0.5, 0.6) is 0 Å². The summed E-state index contributed by atoms with van der Waals surface area (Å²) in [5.74, 6) is 1.43. The number of nitrogens with zero attached hydrogens (tertiary/aromatic N) is 1. The van der Waals surface area contributed by atoms with Crippen LogP contribution < -0.4 is 10.6 Å². The van der Waals surface area contributed by atoms with Gasteiger partial charge in [0, 0.05) is 35.8 Å². The molecule has 0 bridgehead atoms. The van der Waals surface area contributed by atoms with E-state index in [1.807, 2.05) is 12.3 Å². The quantitative estimate of drug-likeness (QED) is 0.889. The first-order valence-electron chi connectivity index (χ1n) is 6.63. The molecule has 2 N–H and O–H groups in total. The average Bonchev–Trinajstić information content (AvgIpc) is 3.20. The highest BCUT2D eigenvalue weighted by molar-refractivity contribution is 9.10. The molecule has 0 spiro atoms. The van der Waals surface area contributed by atoms with E-state index >= 15 is 0 Å². The zero-order chi connectivity index (χ0) is 12.3. The van der Waals surface area contributed by atoms with Crippen molar-refractivity contribution in [3.63, 3.8) is 0 Å². The van der Waals surface area contributed by atoms with Gasteiger partial charge in [0.25, 0.3) is 5.91 Å². The molecular weight excluding hydrogens is 294 g/mol. The van der Waals surface area contributed by atoms with Crippen LogP contribution in [0.25, 0.3) is 0 Å². The van der Waals surface area contributed by atoms with Gasteiger partial charge in [-0.1, -0.05) is 0 Å². The SMILES string of the molecule is O=C(NC1C2CNCC21)c1cc(Br)cn1C1CC1. The summed E-state index contributed by atoms with van der Waals surface area (Å²) in [5, 5.41) is 6.53. The molecule has 1 aromatic heterocycles. The fraction of sp³-hybridized carbons (Fsp3) is 0.615. The number of carbonyl (C=O) groups excluding carboxylic acids is 1. The van der Waals surface area contributed by atoms with E-state index < -0.39 is 0 Å². The van der Waals surface area contributed by atoms with Crippen LogP contribution in [0.15, 0.2) is 16.7 Å². The fourth-order valence-corrected chi connectivity index (χ4v) is 3.58. The highest BCUT2D eigenvalue weighted by atomic mass is 79.9. The molecule has 4 rings (SSSR count). The Morgan fingerprint density at radius 1 is 1.39 bits per heavy atom. The maximum atomic E-state index is 12.3. The summed E-state index contributed by atoms with van der Waals surface area (Å²) in [6.45, 7) is 2.12. The number of amides is 1. The number of carbonyl (C=O) groups is 1. The van der Waals surface area contributed by atoms with Gasteiger partial charge < -0.3 is 15.2 Å². The molecule has 1 saturated heterocycles. The van der Waals surface area contributed by atoms with Gasteiger partial charge in [-0.3, -0.25) is 4.79 Å². The minimum Gasteiger partial charge on any atom is -0.347 e. The fourth-order valence-electron chi connectivity index (χ4n) is 3.14. The lowest BCUT2D eigenvalue weighted by Crippen LogP contribution is -2.33. The molecule has 3 fully saturated rings. The van der Waals surface area contributed by atoms with Crippen molar-refractivity contribution in [1.29, 1.82) is 0 Å². The van der Waals surface area contributed by atoms with E-state index in [2.05, 4.69) is 31.1 Å². The van der Waals surface area contributed by atoms with Crippen molar-refractivity contribution in [3.8, 4) is 0 Å². The average molecular weight is 310 g/mol. The van der Waals surface area contributed by atoms with Gasteiger partial charge in [-0.05, 0) is 46.7 Å². The molecule has 2 heterocycles. The second-order valence-electron chi connectivity index (χ2n) is 5.67. The van der Waals surface area contributed by atoms with Gasteiger partial charge in [0.2, 0.25) is 0 Å². The molecule has 2 saturated carbocycles. The molecule has 96 valence electrons. The summed E-state index contributed by atoms with van der Waals surface area (Å²) in [7, 11) is 0. The van der Waals surface area contributed by atoms with E-state index in [1.54, 1.807) is 0 Å². The van der Waals surface area contributed by atoms with E-state index in [0.29, 0.717) is 23.9 Å². The smallest absolute Gasteiger partial charge is 0.268 e. The summed E-state index contributed by atoms with van der Waals surface area (Å²) in [5.41, 5.74) is 0.808. The predicted octanol–water partition coefficient (Wildman–Crippen LogP) is 1.53. The number of hydrogen-bond donors (Lipinski definition) is 2. The molecule has 1 aromatic rings. The van der Waals surface area contributed by atoms with E-state index in [-0.39, 0.29) is 5.91 Å². The highest BCUT2D eigenvalue weighted by Gasteiger charge is 2.53. The predicted molar refractivity (Wildman–Crippen MR) is 71.5 cm³/mol. The van der Waals surface area contributed by atoms with Gasteiger partial charge in [-0.15, -0.1) is 0 Å². The maximum Gasteiger partial charge on any atom is 0.268 e. The van der Waals surface area contributed by atoms with E-state index in [9.17, 15) is 4.79 Å². The van der Waals surface area contributed by atoms with Crippen LogP contribution in [0.4, 0.5) is 0 Å². The zero-order valence-electron chi connectivity index (χ0n) is 10.0. The summed E-state index contributed by atoms with van der Waals surface area (Å²) in [6.07, 6.45) is 4.42. The summed E-state index contributed by atoms with van der Waals surface area (Å²) in [6, 6.07) is 2.88. The van der Waals surface area contributed by atoms with Crippen molar-refractivity contribution < 1.29 is 4.79 Å². The van der Waals surface area contributed by atoms with Crippen molar-refractivity contribution in [3.05, 3.63) is 22.4 Å². The standard InChI is InChI=1S/C13H16BrN3O/c14-7-3-11(17(6-7)8-1-2-8)13(18)16-12-9-4-15-5-10(9)12/h3,6,8-10,12,15H,1-2,4-5H2,(H,16,18). The Morgan fingerprint density at radius 3 is 2.78 bits per heavy atom. The lowest BCUT2D eigenvalue weighted by molar-refractivity contribution is 0.0937. The molecule has 1 aliphatic heterocycles. The van der Waals surface area contributed by atoms with E-state index in [0.717, 1.165) is 23.3 Å². The normalized spacial score (nSPS) is 33.3. The van der Waals surface area contributed by atoms with Crippen LogP contribution in [0, 0.1) is 11.8 Å². The Bertz CT molecular complexity index is 498. The molecule has 0 aromatic carbocycles. The Balaban J connectivity index is 1.50. The molecule has 2 unspecified atom stereocenters. The topological polar surface area (TPSA) is 46.1 Å². The number of fused-ring (bicyclic) bond motifs is 1. The van der Waals surface area contributed by atoms with Crippen LogP contribution in [0.3, 0.4) is 0 Å². The number of nitrogens with one attached hydrogen (secondary N) is 2. The zero-order valence-corrected chi connectivity index (χ0v) is 11.6. The largest absolute Gasteiger partial charge is 0.347 e. The molecule has 1 amide bonds. The maximum absolute atomic E-state index is 12.3. The molecule has 2 aliphatic carbocycles. The van der Waals surface area contributed by atoms with Crippen LogP contribution in [0.2, 0.25) is 0 Å². The van der Waals surface area contributed by atoms with Crippen molar-refractivity contribution >= 4 is 21.8 Å². The van der Waals surface area contributed by atoms with Crippen molar-refractivity contribution in [2.75, 3.05) is 13.1 Å². The minimum absolute atomic E-state index is 0.0898. The van der Waals surface area contributed by atoms with Crippen LogP contribution >= 0.6 is 15.9 Å². The summed E-state index contributed by atoms with van der Waals surface area (Å²) >= 11 is 3.47. The van der Waals surface area contributed by atoms with Crippen LogP contribution in [0.1, 0.15) is 29.4 Å². The van der Waals surface area contributed by atoms with Crippen molar-refractivity contribution in [2.45, 2.75) is 24.9 Å².